The highest BCUT2D eigenvalue weighted by Crippen LogP contribution is 2.20. The van der Waals surface area contributed by atoms with Crippen LogP contribution in [0, 0.1) is 5.92 Å². The maximum atomic E-state index is 11.7. The summed E-state index contributed by atoms with van der Waals surface area (Å²) in [5, 5.41) is 19.8. The second kappa shape index (κ2) is 6.44. The molecule has 1 aliphatic rings. The number of carbonyl (C=O) groups is 2. The number of rotatable bonds is 5. The minimum absolute atomic E-state index is 0.398. The Morgan fingerprint density at radius 3 is 2.76 bits per heavy atom. The Morgan fingerprint density at radius 1 is 1.53 bits per heavy atom. The minimum Gasteiger partial charge on any atom is -0.480 e. The van der Waals surface area contributed by atoms with E-state index in [9.17, 15) is 9.59 Å². The molecule has 2 unspecified atom stereocenters. The van der Waals surface area contributed by atoms with Crippen molar-refractivity contribution in [2.75, 3.05) is 19.7 Å². The monoisotopic (exact) mass is 244 g/mol. The lowest BCUT2D eigenvalue weighted by Crippen LogP contribution is -2.48. The highest BCUT2D eigenvalue weighted by Gasteiger charge is 2.28. The zero-order valence-electron chi connectivity index (χ0n) is 10.1. The molecule has 0 bridgehead atoms. The molecule has 17 heavy (non-hydrogen) atoms. The first-order valence-electron chi connectivity index (χ1n) is 5.97. The molecule has 0 saturated carbocycles. The van der Waals surface area contributed by atoms with Gasteiger partial charge in [0.05, 0.1) is 6.61 Å². The van der Waals surface area contributed by atoms with Gasteiger partial charge in [-0.3, -0.25) is 0 Å². The van der Waals surface area contributed by atoms with Gasteiger partial charge < -0.3 is 20.4 Å². The molecule has 1 fully saturated rings. The number of nitrogens with zero attached hydrogens (tertiary/aromatic N) is 1. The third kappa shape index (κ3) is 3.89. The predicted molar refractivity (Wildman–Crippen MR) is 61.6 cm³/mol. The predicted octanol–water partition coefficient (Wildman–Crippen LogP) is 0.263. The van der Waals surface area contributed by atoms with Gasteiger partial charge in [0.2, 0.25) is 0 Å². The molecule has 0 aromatic carbocycles. The van der Waals surface area contributed by atoms with Crippen LogP contribution < -0.4 is 5.32 Å². The summed E-state index contributed by atoms with van der Waals surface area (Å²) >= 11 is 0. The van der Waals surface area contributed by atoms with E-state index in [1.54, 1.807) is 4.90 Å². The van der Waals surface area contributed by atoms with Crippen molar-refractivity contribution < 1.29 is 19.8 Å². The van der Waals surface area contributed by atoms with Gasteiger partial charge in [0.15, 0.2) is 6.04 Å². The number of hydrogen-bond acceptors (Lipinski definition) is 3. The number of hydrogen-bond donors (Lipinski definition) is 3. The number of aliphatic hydroxyl groups is 1. The van der Waals surface area contributed by atoms with Crippen LogP contribution in [0.4, 0.5) is 4.79 Å². The Bertz CT molecular complexity index is 283. The molecule has 1 rings (SSSR count). The largest absolute Gasteiger partial charge is 0.480 e. The molecule has 98 valence electrons. The number of urea groups is 1. The Morgan fingerprint density at radius 2 is 2.24 bits per heavy atom. The third-order valence-corrected chi connectivity index (χ3v) is 3.05. The topological polar surface area (TPSA) is 89.9 Å². The number of nitrogens with one attached hydrogen (secondary N) is 1. The molecular formula is C11H20N2O4. The lowest BCUT2D eigenvalue weighted by Gasteiger charge is -2.20. The molecule has 3 N–H and O–H groups in total. The molecule has 1 saturated heterocycles. The summed E-state index contributed by atoms with van der Waals surface area (Å²) in [4.78, 5) is 24.0. The van der Waals surface area contributed by atoms with Crippen molar-refractivity contribution >= 4 is 12.0 Å². The number of likely N-dealkylation sites (tertiary alicyclic amines) is 1. The van der Waals surface area contributed by atoms with Crippen molar-refractivity contribution in [3.63, 3.8) is 0 Å². The zero-order valence-corrected chi connectivity index (χ0v) is 10.1. The lowest BCUT2D eigenvalue weighted by molar-refractivity contribution is -0.140. The van der Waals surface area contributed by atoms with Gasteiger partial charge in [-0.2, -0.15) is 0 Å². The fraction of sp³-hybridized carbons (Fsp3) is 0.818. The first kappa shape index (κ1) is 13.8. The van der Waals surface area contributed by atoms with E-state index in [-0.39, 0.29) is 0 Å². The maximum Gasteiger partial charge on any atom is 0.328 e. The molecule has 0 radical (unpaired) electrons. The van der Waals surface area contributed by atoms with Gasteiger partial charge in [-0.1, -0.05) is 13.3 Å². The second-order valence-electron chi connectivity index (χ2n) is 4.41. The van der Waals surface area contributed by atoms with Crippen molar-refractivity contribution in [3.05, 3.63) is 0 Å². The van der Waals surface area contributed by atoms with Crippen molar-refractivity contribution in [2.45, 2.75) is 32.2 Å². The molecule has 1 aliphatic heterocycles. The summed E-state index contributed by atoms with van der Waals surface area (Å²) in [7, 11) is 0. The quantitative estimate of drug-likeness (QED) is 0.647. The van der Waals surface area contributed by atoms with E-state index < -0.39 is 24.6 Å². The van der Waals surface area contributed by atoms with E-state index in [2.05, 4.69) is 12.2 Å². The normalized spacial score (nSPS) is 21.3. The first-order chi connectivity index (χ1) is 8.08. The summed E-state index contributed by atoms with van der Waals surface area (Å²) in [5.74, 6) is -0.701. The maximum absolute atomic E-state index is 11.7. The van der Waals surface area contributed by atoms with Gasteiger partial charge in [0, 0.05) is 13.1 Å². The number of carbonyl (C=O) groups excluding carboxylic acids is 1. The Balaban J connectivity index is 2.41. The average Bonchev–Trinajstić information content (AvgIpc) is 2.74. The third-order valence-electron chi connectivity index (χ3n) is 3.05. The van der Waals surface area contributed by atoms with Crippen molar-refractivity contribution in [1.82, 2.24) is 10.2 Å². The highest BCUT2D eigenvalue weighted by molar-refractivity contribution is 5.82. The van der Waals surface area contributed by atoms with Crippen LogP contribution in [0.5, 0.6) is 0 Å². The van der Waals surface area contributed by atoms with E-state index >= 15 is 0 Å². The second-order valence-corrected chi connectivity index (χ2v) is 4.41. The summed E-state index contributed by atoms with van der Waals surface area (Å²) in [6.45, 7) is 2.86. The molecule has 0 aromatic rings. The fourth-order valence-corrected chi connectivity index (χ4v) is 2.09. The Hall–Kier alpha value is -1.30. The van der Waals surface area contributed by atoms with Gasteiger partial charge >= 0.3 is 12.0 Å². The van der Waals surface area contributed by atoms with Crippen LogP contribution in [0.3, 0.4) is 0 Å². The van der Waals surface area contributed by atoms with Gasteiger partial charge in [-0.25, -0.2) is 9.59 Å². The van der Waals surface area contributed by atoms with Crippen LogP contribution in [0.25, 0.3) is 0 Å². The summed E-state index contributed by atoms with van der Waals surface area (Å²) in [6.07, 6.45) is 3.15. The molecule has 6 heteroatoms. The summed E-state index contributed by atoms with van der Waals surface area (Å²) in [5.41, 5.74) is 0. The molecule has 2 atom stereocenters. The fourth-order valence-electron chi connectivity index (χ4n) is 2.09. The molecule has 1 heterocycles. The molecule has 6 nitrogen and oxygen atoms in total. The Labute approximate surface area is 101 Å². The van der Waals surface area contributed by atoms with Crippen LogP contribution in [-0.2, 0) is 4.79 Å². The number of aliphatic hydroxyl groups excluding tert-OH is 1. The Kier molecular flexibility index (Phi) is 5.21. The van der Waals surface area contributed by atoms with E-state index in [0.717, 1.165) is 19.3 Å². The zero-order chi connectivity index (χ0) is 12.8. The number of carboxylic acids is 1. The molecule has 0 aliphatic carbocycles. The molecule has 2 amide bonds. The van der Waals surface area contributed by atoms with Gasteiger partial charge in [-0.05, 0) is 18.8 Å². The average molecular weight is 244 g/mol. The summed E-state index contributed by atoms with van der Waals surface area (Å²) in [6, 6.07) is -1.61. The van der Waals surface area contributed by atoms with Crippen LogP contribution >= 0.6 is 0 Å². The van der Waals surface area contributed by atoms with Crippen LogP contribution in [0.15, 0.2) is 0 Å². The lowest BCUT2D eigenvalue weighted by atomic mass is 10.0. The minimum atomic E-state index is -1.22. The standard InChI is InChI=1S/C11H20N2O4/c1-2-3-8-4-5-13(6-8)11(17)12-9(7-14)10(15)16/h8-9,14H,2-7H2,1H3,(H,12,17)(H,15,16). The number of aliphatic carboxylic acids is 1. The number of carboxylic acid groups (broad SMARTS) is 1. The van der Waals surface area contributed by atoms with Gasteiger partial charge in [0.1, 0.15) is 0 Å². The van der Waals surface area contributed by atoms with Gasteiger partial charge in [0.25, 0.3) is 0 Å². The first-order valence-corrected chi connectivity index (χ1v) is 5.97. The van der Waals surface area contributed by atoms with Crippen LogP contribution in [0.2, 0.25) is 0 Å². The SMILES string of the molecule is CCCC1CCN(C(=O)NC(CO)C(=O)O)C1. The molecule has 0 aromatic heterocycles. The highest BCUT2D eigenvalue weighted by atomic mass is 16.4. The smallest absolute Gasteiger partial charge is 0.328 e. The van der Waals surface area contributed by atoms with Crippen molar-refractivity contribution in [2.24, 2.45) is 5.92 Å². The van der Waals surface area contributed by atoms with Crippen LogP contribution in [-0.4, -0.2) is 52.9 Å². The van der Waals surface area contributed by atoms with Crippen molar-refractivity contribution in [3.8, 4) is 0 Å². The van der Waals surface area contributed by atoms with Gasteiger partial charge in [-0.15, -0.1) is 0 Å². The van der Waals surface area contributed by atoms with E-state index in [4.69, 9.17) is 10.2 Å². The van der Waals surface area contributed by atoms with E-state index in [0.29, 0.717) is 19.0 Å². The molecule has 0 spiro atoms. The van der Waals surface area contributed by atoms with E-state index in [1.807, 2.05) is 0 Å². The summed E-state index contributed by atoms with van der Waals surface area (Å²) < 4.78 is 0. The van der Waals surface area contributed by atoms with Crippen molar-refractivity contribution in [1.29, 1.82) is 0 Å². The van der Waals surface area contributed by atoms with E-state index in [1.165, 1.54) is 0 Å². The van der Waals surface area contributed by atoms with Crippen LogP contribution in [0.1, 0.15) is 26.2 Å². The molecular weight excluding hydrogens is 224 g/mol. The number of amides is 2.